The van der Waals surface area contributed by atoms with E-state index >= 15 is 0 Å². The Balaban J connectivity index is 2.20. The van der Waals surface area contributed by atoms with Crippen LogP contribution in [0.25, 0.3) is 0 Å². The molecule has 7 heteroatoms. The number of nitrogens with one attached hydrogen (secondary N) is 1. The predicted octanol–water partition coefficient (Wildman–Crippen LogP) is 4.10. The van der Waals surface area contributed by atoms with E-state index in [0.29, 0.717) is 22.7 Å². The number of carbonyl (C=O) groups is 1. The second-order valence-electron chi connectivity index (χ2n) is 5.12. The van der Waals surface area contributed by atoms with Gasteiger partial charge in [0.05, 0.1) is 10.6 Å². The van der Waals surface area contributed by atoms with E-state index in [1.807, 2.05) is 19.1 Å². The number of hydrogen-bond acceptors (Lipinski definition) is 4. The molecule has 6 nitrogen and oxygen atoms in total. The van der Waals surface area contributed by atoms with Gasteiger partial charge in [0.2, 0.25) is 0 Å². The second kappa shape index (κ2) is 7.70. The molecule has 0 aliphatic rings. The molecule has 0 unspecified atom stereocenters. The van der Waals surface area contributed by atoms with Crippen LogP contribution < -0.4 is 5.43 Å². The molecule has 0 fully saturated rings. The highest BCUT2D eigenvalue weighted by molar-refractivity contribution is 6.30. The number of hydrogen-bond donors (Lipinski definition) is 1. The molecule has 0 atom stereocenters. The van der Waals surface area contributed by atoms with E-state index in [9.17, 15) is 14.9 Å². The molecule has 2 aromatic carbocycles. The predicted molar refractivity (Wildman–Crippen MR) is 93.6 cm³/mol. The van der Waals surface area contributed by atoms with Crippen LogP contribution in [0.15, 0.2) is 47.6 Å². The zero-order chi connectivity index (χ0) is 17.7. The Hall–Kier alpha value is -2.73. The second-order valence-corrected chi connectivity index (χ2v) is 5.55. The maximum atomic E-state index is 12.2. The van der Waals surface area contributed by atoms with Crippen LogP contribution in [0.4, 0.5) is 5.69 Å². The number of carbonyl (C=O) groups excluding carboxylic acids is 1. The Bertz CT molecular complexity index is 801. The summed E-state index contributed by atoms with van der Waals surface area (Å²) in [5.41, 5.74) is 4.55. The van der Waals surface area contributed by atoms with Gasteiger partial charge in [-0.2, -0.15) is 5.10 Å². The quantitative estimate of drug-likeness (QED) is 0.503. The van der Waals surface area contributed by atoms with E-state index in [2.05, 4.69) is 10.5 Å². The van der Waals surface area contributed by atoms with Crippen LogP contribution in [0.2, 0.25) is 5.02 Å². The molecule has 0 heterocycles. The Morgan fingerprint density at radius 2 is 1.83 bits per heavy atom. The number of nitro groups is 1. The third-order valence-corrected chi connectivity index (χ3v) is 3.72. The lowest BCUT2D eigenvalue weighted by molar-refractivity contribution is -0.385. The molecular weight excluding hydrogens is 330 g/mol. The molecule has 2 aromatic rings. The third-order valence-electron chi connectivity index (χ3n) is 3.47. The summed E-state index contributed by atoms with van der Waals surface area (Å²) in [5, 5.41) is 15.7. The molecule has 1 amide bonds. The van der Waals surface area contributed by atoms with Crippen molar-refractivity contribution in [3.05, 3.63) is 74.3 Å². The number of aryl methyl sites for hydroxylation is 1. The smallest absolute Gasteiger partial charge is 0.267 e. The lowest BCUT2D eigenvalue weighted by atomic mass is 10.1. The van der Waals surface area contributed by atoms with Gasteiger partial charge < -0.3 is 0 Å². The minimum absolute atomic E-state index is 0.0972. The van der Waals surface area contributed by atoms with Crippen LogP contribution in [-0.4, -0.2) is 16.5 Å². The number of rotatable bonds is 5. The molecule has 0 aromatic heterocycles. The molecule has 0 aliphatic carbocycles. The summed E-state index contributed by atoms with van der Waals surface area (Å²) < 4.78 is 0. The topological polar surface area (TPSA) is 84.6 Å². The highest BCUT2D eigenvalue weighted by Gasteiger charge is 2.15. The maximum Gasteiger partial charge on any atom is 0.273 e. The Morgan fingerprint density at radius 1 is 1.21 bits per heavy atom. The van der Waals surface area contributed by atoms with Crippen LogP contribution in [0.5, 0.6) is 0 Å². The summed E-state index contributed by atoms with van der Waals surface area (Å²) in [6.07, 6.45) is 0.607. The summed E-state index contributed by atoms with van der Waals surface area (Å²) in [6.45, 7) is 3.53. The molecule has 0 bridgehead atoms. The van der Waals surface area contributed by atoms with Crippen molar-refractivity contribution in [2.24, 2.45) is 5.10 Å². The van der Waals surface area contributed by atoms with Gasteiger partial charge in [-0.25, -0.2) is 5.43 Å². The molecule has 0 saturated heterocycles. The molecule has 124 valence electrons. The molecular formula is C17H16ClN3O3. The minimum atomic E-state index is -0.513. The van der Waals surface area contributed by atoms with Crippen molar-refractivity contribution in [3.63, 3.8) is 0 Å². The molecule has 2 rings (SSSR count). The van der Waals surface area contributed by atoms with Gasteiger partial charge in [-0.05, 0) is 37.1 Å². The van der Waals surface area contributed by atoms with E-state index in [-0.39, 0.29) is 11.3 Å². The van der Waals surface area contributed by atoms with Crippen LogP contribution in [0.1, 0.15) is 34.8 Å². The number of halogens is 1. The fourth-order valence-electron chi connectivity index (χ4n) is 2.12. The fourth-order valence-corrected chi connectivity index (χ4v) is 2.25. The van der Waals surface area contributed by atoms with Gasteiger partial charge in [0.25, 0.3) is 11.6 Å². The number of nitro benzene ring substituents is 1. The van der Waals surface area contributed by atoms with Gasteiger partial charge in [-0.3, -0.25) is 14.9 Å². The van der Waals surface area contributed by atoms with E-state index in [4.69, 9.17) is 11.6 Å². The van der Waals surface area contributed by atoms with Gasteiger partial charge in [0.1, 0.15) is 0 Å². The van der Waals surface area contributed by atoms with E-state index in [1.165, 1.54) is 18.2 Å². The largest absolute Gasteiger partial charge is 0.273 e. The lowest BCUT2D eigenvalue weighted by Gasteiger charge is -2.06. The van der Waals surface area contributed by atoms with Gasteiger partial charge in [0, 0.05) is 22.2 Å². The van der Waals surface area contributed by atoms with Gasteiger partial charge in [0.15, 0.2) is 0 Å². The van der Waals surface area contributed by atoms with Gasteiger partial charge in [-0.15, -0.1) is 0 Å². The molecule has 0 radical (unpaired) electrons. The van der Waals surface area contributed by atoms with E-state index in [1.54, 1.807) is 19.1 Å². The molecule has 0 aliphatic heterocycles. The van der Waals surface area contributed by atoms with Crippen LogP contribution in [-0.2, 0) is 0 Å². The highest BCUT2D eigenvalue weighted by Crippen LogP contribution is 2.19. The van der Waals surface area contributed by atoms with Crippen molar-refractivity contribution in [1.29, 1.82) is 0 Å². The first kappa shape index (κ1) is 17.6. The lowest BCUT2D eigenvalue weighted by Crippen LogP contribution is -2.20. The maximum absolute atomic E-state index is 12.2. The SMILES string of the molecule is CC/C(=N\NC(=O)c1ccc(C)c([N+](=O)[O-])c1)c1ccc(Cl)cc1. The van der Waals surface area contributed by atoms with Crippen LogP contribution in [0.3, 0.4) is 0 Å². The number of benzene rings is 2. The van der Waals surface area contributed by atoms with E-state index in [0.717, 1.165) is 5.56 Å². The third kappa shape index (κ3) is 4.17. The number of nitrogens with zero attached hydrogens (tertiary/aromatic N) is 2. The zero-order valence-electron chi connectivity index (χ0n) is 13.2. The Kier molecular flexibility index (Phi) is 5.65. The summed E-state index contributed by atoms with van der Waals surface area (Å²) in [5.74, 6) is -0.502. The highest BCUT2D eigenvalue weighted by atomic mass is 35.5. The van der Waals surface area contributed by atoms with Crippen molar-refractivity contribution in [3.8, 4) is 0 Å². The minimum Gasteiger partial charge on any atom is -0.267 e. The molecule has 1 N–H and O–H groups in total. The first-order chi connectivity index (χ1) is 11.4. The Morgan fingerprint density at radius 3 is 2.42 bits per heavy atom. The summed E-state index contributed by atoms with van der Waals surface area (Å²) >= 11 is 5.86. The average Bonchev–Trinajstić information content (AvgIpc) is 2.56. The standard InChI is InChI=1S/C17H16ClN3O3/c1-3-15(12-6-8-14(18)9-7-12)19-20-17(22)13-5-4-11(2)16(10-13)21(23)24/h4-10H,3H2,1-2H3,(H,20,22)/b19-15+. The van der Waals surface area contributed by atoms with Crippen LogP contribution in [0, 0.1) is 17.0 Å². The molecule has 0 spiro atoms. The van der Waals surface area contributed by atoms with Crippen molar-refractivity contribution >= 4 is 28.9 Å². The normalized spacial score (nSPS) is 11.2. The summed E-state index contributed by atoms with van der Waals surface area (Å²) in [6, 6.07) is 11.4. The van der Waals surface area contributed by atoms with Gasteiger partial charge >= 0.3 is 0 Å². The summed E-state index contributed by atoms with van der Waals surface area (Å²) in [4.78, 5) is 22.6. The van der Waals surface area contributed by atoms with Crippen molar-refractivity contribution < 1.29 is 9.72 Å². The molecule has 0 saturated carbocycles. The van der Waals surface area contributed by atoms with Crippen LogP contribution >= 0.6 is 11.6 Å². The summed E-state index contributed by atoms with van der Waals surface area (Å²) in [7, 11) is 0. The first-order valence-corrected chi connectivity index (χ1v) is 7.68. The average molecular weight is 346 g/mol. The Labute approximate surface area is 144 Å². The first-order valence-electron chi connectivity index (χ1n) is 7.30. The van der Waals surface area contributed by atoms with Crippen molar-refractivity contribution in [1.82, 2.24) is 5.43 Å². The van der Waals surface area contributed by atoms with Gasteiger partial charge in [-0.1, -0.05) is 36.7 Å². The number of hydrazone groups is 1. The number of amides is 1. The molecule has 24 heavy (non-hydrogen) atoms. The zero-order valence-corrected chi connectivity index (χ0v) is 14.0. The van der Waals surface area contributed by atoms with Crippen molar-refractivity contribution in [2.75, 3.05) is 0 Å². The fraction of sp³-hybridized carbons (Fsp3) is 0.176. The monoisotopic (exact) mass is 345 g/mol. The van der Waals surface area contributed by atoms with E-state index < -0.39 is 10.8 Å². The van der Waals surface area contributed by atoms with Crippen molar-refractivity contribution in [2.45, 2.75) is 20.3 Å².